The molecule has 4 heteroatoms. The third-order valence-electron chi connectivity index (χ3n) is 5.04. The molecule has 134 valence electrons. The van der Waals surface area contributed by atoms with Crippen LogP contribution in [0.1, 0.15) is 18.4 Å². The fraction of sp³-hybridized carbons (Fsp3) is 0.318. The molecule has 0 atom stereocenters. The number of fused-ring (bicyclic) bond motifs is 1. The van der Waals surface area contributed by atoms with Gasteiger partial charge in [-0.25, -0.2) is 4.39 Å². The average Bonchev–Trinajstić information content (AvgIpc) is 2.69. The Balaban J connectivity index is 1.27. The first-order valence-electron chi connectivity index (χ1n) is 9.24. The maximum atomic E-state index is 13.0. The van der Waals surface area contributed by atoms with Gasteiger partial charge in [0.1, 0.15) is 5.82 Å². The van der Waals surface area contributed by atoms with E-state index in [-0.39, 0.29) is 5.82 Å². The molecule has 0 N–H and O–H groups in total. The smallest absolute Gasteiger partial charge is 0.123 e. The summed E-state index contributed by atoms with van der Waals surface area (Å²) in [7, 11) is 0. The van der Waals surface area contributed by atoms with Crippen LogP contribution in [0.25, 0.3) is 10.9 Å². The number of thioether (sulfide) groups is 1. The molecule has 0 spiro atoms. The summed E-state index contributed by atoms with van der Waals surface area (Å²) >= 11 is 2.00. The molecule has 2 nitrogen and oxygen atoms in total. The summed E-state index contributed by atoms with van der Waals surface area (Å²) in [5.41, 5.74) is 2.28. The molecule has 1 saturated heterocycles. The number of hydrogen-bond acceptors (Lipinski definition) is 3. The van der Waals surface area contributed by atoms with Crippen LogP contribution >= 0.6 is 11.8 Å². The van der Waals surface area contributed by atoms with E-state index in [4.69, 9.17) is 0 Å². The molecular weight excluding hydrogens is 343 g/mol. The van der Waals surface area contributed by atoms with Gasteiger partial charge >= 0.3 is 0 Å². The van der Waals surface area contributed by atoms with Gasteiger partial charge in [0, 0.05) is 28.3 Å². The molecule has 0 saturated carbocycles. The Labute approximate surface area is 158 Å². The van der Waals surface area contributed by atoms with Crippen LogP contribution in [-0.2, 0) is 6.42 Å². The lowest BCUT2D eigenvalue weighted by Gasteiger charge is -2.31. The van der Waals surface area contributed by atoms with E-state index >= 15 is 0 Å². The van der Waals surface area contributed by atoms with Crippen LogP contribution in [0.5, 0.6) is 0 Å². The largest absolute Gasteiger partial charge is 0.303 e. The van der Waals surface area contributed by atoms with Crippen molar-refractivity contribution < 1.29 is 4.39 Å². The molecule has 0 unspecified atom stereocenters. The lowest BCUT2D eigenvalue weighted by molar-refractivity contribution is 0.235. The van der Waals surface area contributed by atoms with E-state index in [1.54, 1.807) is 12.1 Å². The summed E-state index contributed by atoms with van der Waals surface area (Å²) in [5, 5.41) is 1.90. The summed E-state index contributed by atoms with van der Waals surface area (Å²) in [5.74, 6) is -0.156. The van der Waals surface area contributed by atoms with Crippen LogP contribution in [0.2, 0.25) is 0 Å². The molecule has 0 bridgehead atoms. The van der Waals surface area contributed by atoms with Gasteiger partial charge in [0.15, 0.2) is 0 Å². The van der Waals surface area contributed by atoms with Crippen molar-refractivity contribution in [1.29, 1.82) is 0 Å². The Kier molecular flexibility index (Phi) is 5.51. The van der Waals surface area contributed by atoms with Gasteiger partial charge < -0.3 is 4.90 Å². The Morgan fingerprint density at radius 2 is 1.85 bits per heavy atom. The van der Waals surface area contributed by atoms with Crippen LogP contribution in [-0.4, -0.2) is 34.8 Å². The topological polar surface area (TPSA) is 16.1 Å². The van der Waals surface area contributed by atoms with Crippen molar-refractivity contribution in [2.75, 3.05) is 19.6 Å². The Morgan fingerprint density at radius 3 is 2.65 bits per heavy atom. The highest BCUT2D eigenvalue weighted by Gasteiger charge is 2.20. The van der Waals surface area contributed by atoms with E-state index in [0.29, 0.717) is 5.25 Å². The molecule has 1 fully saturated rings. The van der Waals surface area contributed by atoms with E-state index in [9.17, 15) is 4.39 Å². The minimum absolute atomic E-state index is 0.156. The third kappa shape index (κ3) is 4.43. The second-order valence-electron chi connectivity index (χ2n) is 6.89. The van der Waals surface area contributed by atoms with E-state index in [0.717, 1.165) is 31.6 Å². The van der Waals surface area contributed by atoms with Crippen LogP contribution in [0, 0.1) is 5.82 Å². The molecular formula is C22H23FN2S. The minimum Gasteiger partial charge on any atom is -0.303 e. The van der Waals surface area contributed by atoms with Gasteiger partial charge in [-0.1, -0.05) is 18.2 Å². The Bertz CT molecular complexity index is 857. The summed E-state index contributed by atoms with van der Waals surface area (Å²) in [4.78, 5) is 8.27. The number of benzene rings is 2. The normalized spacial score (nSPS) is 16.2. The van der Waals surface area contributed by atoms with E-state index in [1.807, 2.05) is 36.2 Å². The predicted molar refractivity (Wildman–Crippen MR) is 107 cm³/mol. The first kappa shape index (κ1) is 17.5. The van der Waals surface area contributed by atoms with Crippen molar-refractivity contribution in [3.05, 3.63) is 72.2 Å². The Morgan fingerprint density at radius 1 is 1.04 bits per heavy atom. The molecule has 4 rings (SSSR count). The molecule has 2 aromatic carbocycles. The highest BCUT2D eigenvalue weighted by atomic mass is 32.2. The number of nitrogens with zero attached hydrogens (tertiary/aromatic N) is 2. The highest BCUT2D eigenvalue weighted by molar-refractivity contribution is 8.00. The van der Waals surface area contributed by atoms with Gasteiger partial charge in [0.05, 0.1) is 5.52 Å². The first-order chi connectivity index (χ1) is 12.8. The molecule has 3 aromatic rings. The summed E-state index contributed by atoms with van der Waals surface area (Å²) in [6, 6.07) is 17.6. The number of aromatic nitrogens is 1. The van der Waals surface area contributed by atoms with E-state index in [2.05, 4.69) is 34.1 Å². The maximum Gasteiger partial charge on any atom is 0.123 e. The molecule has 26 heavy (non-hydrogen) atoms. The third-order valence-corrected chi connectivity index (χ3v) is 6.37. The molecule has 1 aliphatic rings. The number of hydrogen-bond donors (Lipinski definition) is 0. The average molecular weight is 367 g/mol. The van der Waals surface area contributed by atoms with Gasteiger partial charge in [0.2, 0.25) is 0 Å². The van der Waals surface area contributed by atoms with Gasteiger partial charge in [0.25, 0.3) is 0 Å². The van der Waals surface area contributed by atoms with Crippen LogP contribution in [0.3, 0.4) is 0 Å². The van der Waals surface area contributed by atoms with Crippen LogP contribution < -0.4 is 0 Å². The highest BCUT2D eigenvalue weighted by Crippen LogP contribution is 2.32. The first-order valence-corrected chi connectivity index (χ1v) is 10.1. The van der Waals surface area contributed by atoms with Crippen molar-refractivity contribution in [3.8, 4) is 0 Å². The van der Waals surface area contributed by atoms with Crippen molar-refractivity contribution in [1.82, 2.24) is 9.88 Å². The standard InChI is InChI=1S/C22H23FN2S/c23-19-5-3-17(4-6-19)9-13-25-14-10-20(11-15-25)26-21-7-8-22-18(16-21)2-1-12-24-22/h1-8,12,16,20H,9-11,13-15H2. The maximum absolute atomic E-state index is 13.0. The monoisotopic (exact) mass is 366 g/mol. The predicted octanol–water partition coefficient (Wildman–Crippen LogP) is 5.17. The lowest BCUT2D eigenvalue weighted by atomic mass is 10.1. The number of halogens is 1. The fourth-order valence-electron chi connectivity index (χ4n) is 3.51. The summed E-state index contributed by atoms with van der Waals surface area (Å²) in [6.45, 7) is 3.35. The van der Waals surface area contributed by atoms with Crippen molar-refractivity contribution in [3.63, 3.8) is 0 Å². The number of likely N-dealkylation sites (tertiary alicyclic amines) is 1. The molecule has 1 aromatic heterocycles. The van der Waals surface area contributed by atoms with Crippen molar-refractivity contribution in [2.45, 2.75) is 29.4 Å². The van der Waals surface area contributed by atoms with Gasteiger partial charge in [-0.05, 0) is 74.3 Å². The molecule has 0 amide bonds. The molecule has 2 heterocycles. The second kappa shape index (κ2) is 8.19. The zero-order chi connectivity index (χ0) is 17.8. The zero-order valence-corrected chi connectivity index (χ0v) is 15.6. The Hall–Kier alpha value is -1.91. The minimum atomic E-state index is -0.156. The van der Waals surface area contributed by atoms with Gasteiger partial charge in [-0.15, -0.1) is 11.8 Å². The number of rotatable bonds is 5. The zero-order valence-electron chi connectivity index (χ0n) is 14.8. The number of pyridine rings is 1. The second-order valence-corrected chi connectivity index (χ2v) is 8.27. The number of piperidine rings is 1. The molecule has 0 aliphatic carbocycles. The van der Waals surface area contributed by atoms with E-state index < -0.39 is 0 Å². The van der Waals surface area contributed by atoms with Crippen LogP contribution in [0.4, 0.5) is 4.39 Å². The quantitative estimate of drug-likeness (QED) is 0.619. The van der Waals surface area contributed by atoms with Crippen molar-refractivity contribution >= 4 is 22.7 Å². The van der Waals surface area contributed by atoms with Gasteiger partial charge in [-0.3, -0.25) is 4.98 Å². The van der Waals surface area contributed by atoms with Crippen LogP contribution in [0.15, 0.2) is 65.7 Å². The fourth-order valence-corrected chi connectivity index (χ4v) is 4.68. The SMILES string of the molecule is Fc1ccc(CCN2CCC(Sc3ccc4ncccc4c3)CC2)cc1. The van der Waals surface area contributed by atoms with Gasteiger partial charge in [-0.2, -0.15) is 0 Å². The molecule has 0 radical (unpaired) electrons. The lowest BCUT2D eigenvalue weighted by Crippen LogP contribution is -2.36. The van der Waals surface area contributed by atoms with E-state index in [1.165, 1.54) is 28.7 Å². The summed E-state index contributed by atoms with van der Waals surface area (Å²) < 4.78 is 13.0. The molecule has 1 aliphatic heterocycles. The summed E-state index contributed by atoms with van der Waals surface area (Å²) in [6.07, 6.45) is 5.28. The van der Waals surface area contributed by atoms with Crippen molar-refractivity contribution in [2.24, 2.45) is 0 Å².